The Morgan fingerprint density at radius 3 is 2.16 bits per heavy atom. The van der Waals surface area contributed by atoms with Crippen LogP contribution < -0.4 is 10.6 Å². The number of nitrogens with one attached hydrogen (secondary N) is 2. The van der Waals surface area contributed by atoms with Gasteiger partial charge >= 0.3 is 18.2 Å². The van der Waals surface area contributed by atoms with E-state index in [0.717, 1.165) is 6.07 Å². The second kappa shape index (κ2) is 10.8. The molecule has 0 bridgehead atoms. The molecule has 7 nitrogen and oxygen atoms in total. The van der Waals surface area contributed by atoms with E-state index in [9.17, 15) is 37.1 Å². The molecule has 200 valence electrons. The van der Waals surface area contributed by atoms with E-state index < -0.39 is 64.6 Å². The first kappa shape index (κ1) is 27.9. The molecule has 1 aliphatic rings. The van der Waals surface area contributed by atoms with E-state index in [4.69, 9.17) is 4.74 Å². The summed E-state index contributed by atoms with van der Waals surface area (Å²) in [4.78, 5) is 37.2. The van der Waals surface area contributed by atoms with Gasteiger partial charge in [0.25, 0.3) is 0 Å². The molecule has 2 amide bonds. The van der Waals surface area contributed by atoms with E-state index >= 15 is 0 Å². The third-order valence-corrected chi connectivity index (χ3v) is 6.06. The lowest BCUT2D eigenvalue weighted by Gasteiger charge is -2.35. The molecule has 0 aliphatic heterocycles. The van der Waals surface area contributed by atoms with E-state index in [1.54, 1.807) is 45.0 Å². The molecule has 0 spiro atoms. The minimum atomic E-state index is -4.74. The number of benzene rings is 2. The number of ether oxygens (including phenoxy) is 1. The number of hydrogen-bond donors (Lipinski definition) is 3. The van der Waals surface area contributed by atoms with Gasteiger partial charge in [0, 0.05) is 5.69 Å². The summed E-state index contributed by atoms with van der Waals surface area (Å²) >= 11 is 0. The molecule has 1 aliphatic carbocycles. The predicted octanol–water partition coefficient (Wildman–Crippen LogP) is 6.41. The van der Waals surface area contributed by atoms with Crippen LogP contribution in [0.3, 0.4) is 0 Å². The van der Waals surface area contributed by atoms with E-state index in [1.165, 1.54) is 0 Å². The second-order valence-electron chi connectivity index (χ2n) is 9.94. The van der Waals surface area contributed by atoms with Gasteiger partial charge in [-0.1, -0.05) is 18.6 Å². The maximum absolute atomic E-state index is 14.3. The standard InChI is InChI=1S/C26H28F4N2O5/c1-25(2,3)37-24(36)31-16-10-7-14(8-11-16)17-5-4-6-18(21(17)23(34)35)22(33)32-20-12-9-15(13-19(20)27)26(28,29)30/h7-13,17-18,21H,4-6H2,1-3H3,(H,31,36)(H,32,33)(H,34,35)/t17-,18-,21-/m1/s1. The van der Waals surface area contributed by atoms with Crippen molar-refractivity contribution in [3.05, 3.63) is 59.4 Å². The summed E-state index contributed by atoms with van der Waals surface area (Å²) in [6.07, 6.45) is -4.17. The number of rotatable bonds is 5. The van der Waals surface area contributed by atoms with Gasteiger partial charge in [0.15, 0.2) is 0 Å². The maximum atomic E-state index is 14.3. The monoisotopic (exact) mass is 524 g/mol. The highest BCUT2D eigenvalue weighted by molar-refractivity contribution is 5.95. The Kier molecular flexibility index (Phi) is 8.14. The largest absolute Gasteiger partial charge is 0.481 e. The normalized spacial score (nSPS) is 20.1. The van der Waals surface area contributed by atoms with Crippen molar-refractivity contribution >= 4 is 29.3 Å². The van der Waals surface area contributed by atoms with Gasteiger partial charge in [0.05, 0.1) is 23.1 Å². The van der Waals surface area contributed by atoms with Gasteiger partial charge < -0.3 is 15.2 Å². The van der Waals surface area contributed by atoms with Crippen LogP contribution in [0, 0.1) is 17.7 Å². The van der Waals surface area contributed by atoms with Gasteiger partial charge in [-0.2, -0.15) is 13.2 Å². The van der Waals surface area contributed by atoms with Gasteiger partial charge in [-0.3, -0.25) is 14.9 Å². The third kappa shape index (κ3) is 7.21. The van der Waals surface area contributed by atoms with Gasteiger partial charge in [0.2, 0.25) is 5.91 Å². The van der Waals surface area contributed by atoms with E-state index in [-0.39, 0.29) is 12.5 Å². The molecular formula is C26H28F4N2O5. The molecule has 3 atom stereocenters. The summed E-state index contributed by atoms with van der Waals surface area (Å²) in [5, 5.41) is 14.8. The van der Waals surface area contributed by atoms with Crippen molar-refractivity contribution in [1.82, 2.24) is 0 Å². The lowest BCUT2D eigenvalue weighted by atomic mass is 9.69. The molecule has 1 fully saturated rings. The SMILES string of the molecule is CC(C)(C)OC(=O)Nc1ccc([C@H]2CCC[C@@H](C(=O)Nc3ccc(C(F)(F)F)cc3F)[C@@H]2C(=O)O)cc1. The minimum Gasteiger partial charge on any atom is -0.481 e. The molecule has 0 radical (unpaired) electrons. The number of carboxylic acid groups (broad SMARTS) is 1. The molecular weight excluding hydrogens is 496 g/mol. The van der Waals surface area contributed by atoms with Crippen LogP contribution in [0.5, 0.6) is 0 Å². The van der Waals surface area contributed by atoms with Crippen molar-refractivity contribution in [3.63, 3.8) is 0 Å². The average molecular weight is 525 g/mol. The first-order valence-corrected chi connectivity index (χ1v) is 11.7. The van der Waals surface area contributed by atoms with Crippen molar-refractivity contribution in [1.29, 1.82) is 0 Å². The molecule has 0 heterocycles. The fourth-order valence-electron chi connectivity index (χ4n) is 4.46. The second-order valence-corrected chi connectivity index (χ2v) is 9.94. The van der Waals surface area contributed by atoms with Crippen molar-refractivity contribution in [2.24, 2.45) is 11.8 Å². The number of anilines is 2. The van der Waals surface area contributed by atoms with Gasteiger partial charge in [0.1, 0.15) is 11.4 Å². The number of carboxylic acids is 1. The summed E-state index contributed by atoms with van der Waals surface area (Å²) in [6, 6.07) is 8.23. The smallest absolute Gasteiger partial charge is 0.416 e. The Morgan fingerprint density at radius 2 is 1.62 bits per heavy atom. The van der Waals surface area contributed by atoms with Crippen molar-refractivity contribution in [3.8, 4) is 0 Å². The number of hydrogen-bond acceptors (Lipinski definition) is 4. The maximum Gasteiger partial charge on any atom is 0.416 e. The number of halogens is 4. The number of amides is 2. The van der Waals surface area contributed by atoms with Crippen molar-refractivity contribution in [2.45, 2.75) is 57.7 Å². The van der Waals surface area contributed by atoms with Crippen LogP contribution in [0.2, 0.25) is 0 Å². The summed E-state index contributed by atoms with van der Waals surface area (Å²) in [5.74, 6) is -5.98. The summed E-state index contributed by atoms with van der Waals surface area (Å²) < 4.78 is 57.9. The van der Waals surface area contributed by atoms with E-state index in [0.29, 0.717) is 30.2 Å². The summed E-state index contributed by atoms with van der Waals surface area (Å²) in [7, 11) is 0. The highest BCUT2D eigenvalue weighted by atomic mass is 19.4. The van der Waals surface area contributed by atoms with Crippen molar-refractivity contribution < 1.29 is 41.8 Å². The highest BCUT2D eigenvalue weighted by Gasteiger charge is 2.43. The zero-order valence-corrected chi connectivity index (χ0v) is 20.5. The molecule has 37 heavy (non-hydrogen) atoms. The Bertz CT molecular complexity index is 1160. The van der Waals surface area contributed by atoms with Crippen LogP contribution in [0.15, 0.2) is 42.5 Å². The molecule has 1 saturated carbocycles. The van der Waals surface area contributed by atoms with Crippen LogP contribution in [0.1, 0.15) is 57.1 Å². The summed E-state index contributed by atoms with van der Waals surface area (Å²) in [6.45, 7) is 5.18. The first-order chi connectivity index (χ1) is 17.2. The quantitative estimate of drug-likeness (QED) is 0.392. The van der Waals surface area contributed by atoms with Crippen LogP contribution in [-0.2, 0) is 20.5 Å². The van der Waals surface area contributed by atoms with Crippen molar-refractivity contribution in [2.75, 3.05) is 10.6 Å². The number of alkyl halides is 3. The molecule has 0 aromatic heterocycles. The highest BCUT2D eigenvalue weighted by Crippen LogP contribution is 2.42. The molecule has 11 heteroatoms. The molecule has 0 unspecified atom stereocenters. The zero-order valence-electron chi connectivity index (χ0n) is 20.5. The van der Waals surface area contributed by atoms with Crippen LogP contribution >= 0.6 is 0 Å². The molecule has 0 saturated heterocycles. The molecule has 3 N–H and O–H groups in total. The van der Waals surface area contributed by atoms with Gasteiger partial charge in [-0.05, 0) is 75.4 Å². The first-order valence-electron chi connectivity index (χ1n) is 11.7. The lowest BCUT2D eigenvalue weighted by Crippen LogP contribution is -2.40. The van der Waals surface area contributed by atoms with Gasteiger partial charge in [-0.25, -0.2) is 9.18 Å². The van der Waals surface area contributed by atoms with Crippen LogP contribution in [0.4, 0.5) is 33.7 Å². The summed E-state index contributed by atoms with van der Waals surface area (Å²) in [5.41, 5.74) is -1.26. The molecule has 2 aromatic rings. The minimum absolute atomic E-state index is 0.222. The Labute approximate surface area is 211 Å². The Balaban J connectivity index is 1.76. The van der Waals surface area contributed by atoms with Gasteiger partial charge in [-0.15, -0.1) is 0 Å². The number of carbonyl (C=O) groups excluding carboxylic acids is 2. The van der Waals surface area contributed by atoms with E-state index in [2.05, 4.69) is 10.6 Å². The zero-order chi connectivity index (χ0) is 27.5. The number of aliphatic carboxylic acids is 1. The van der Waals surface area contributed by atoms with E-state index in [1.807, 2.05) is 0 Å². The lowest BCUT2D eigenvalue weighted by molar-refractivity contribution is -0.148. The predicted molar refractivity (Wildman–Crippen MR) is 128 cm³/mol. The van der Waals surface area contributed by atoms with Crippen LogP contribution in [-0.4, -0.2) is 28.7 Å². The average Bonchev–Trinajstić information content (AvgIpc) is 2.78. The fourth-order valence-corrected chi connectivity index (χ4v) is 4.46. The fraction of sp³-hybridized carbons (Fsp3) is 0.423. The molecule has 2 aromatic carbocycles. The van der Waals surface area contributed by atoms with Crippen LogP contribution in [0.25, 0.3) is 0 Å². The topological polar surface area (TPSA) is 105 Å². The Morgan fingerprint density at radius 1 is 0.973 bits per heavy atom. The Hall–Kier alpha value is -3.63. The third-order valence-electron chi connectivity index (χ3n) is 6.06. The number of carbonyl (C=O) groups is 3. The molecule has 3 rings (SSSR count).